The number of nitrogens with one attached hydrogen (secondary N) is 2. The number of nitrogens with zero attached hydrogens (tertiary/aromatic N) is 1. The summed E-state index contributed by atoms with van der Waals surface area (Å²) in [4.78, 5) is 5.45. The van der Waals surface area contributed by atoms with Crippen molar-refractivity contribution in [2.45, 2.75) is 32.3 Å². The predicted octanol–water partition coefficient (Wildman–Crippen LogP) is 3.27. The lowest BCUT2D eigenvalue weighted by atomic mass is 10.1. The highest BCUT2D eigenvalue weighted by molar-refractivity contribution is 14.0. The van der Waals surface area contributed by atoms with Crippen LogP contribution in [0.5, 0.6) is 0 Å². The third-order valence-electron chi connectivity index (χ3n) is 3.01. The quantitative estimate of drug-likeness (QED) is 0.231. The van der Waals surface area contributed by atoms with Crippen LogP contribution in [0.1, 0.15) is 31.6 Å². The molecule has 0 bridgehead atoms. The molecule has 0 saturated carbocycles. The van der Waals surface area contributed by atoms with E-state index in [2.05, 4.69) is 21.9 Å². The largest absolute Gasteiger partial charge is 0.383 e. The number of aliphatic hydroxyl groups is 1. The van der Waals surface area contributed by atoms with Crippen LogP contribution in [-0.4, -0.2) is 42.7 Å². The van der Waals surface area contributed by atoms with E-state index in [0.717, 1.165) is 30.3 Å². The fourth-order valence-electron chi connectivity index (χ4n) is 1.82. The molecule has 0 aliphatic heterocycles. The van der Waals surface area contributed by atoms with Gasteiger partial charge in [-0.25, -0.2) is 4.99 Å². The van der Waals surface area contributed by atoms with E-state index in [1.165, 1.54) is 12.2 Å². The normalized spacial score (nSPS) is 14.1. The highest BCUT2D eigenvalue weighted by atomic mass is 127. The Morgan fingerprint density at radius 1 is 1.41 bits per heavy atom. The van der Waals surface area contributed by atoms with Crippen LogP contribution in [0.3, 0.4) is 0 Å². The molecule has 1 aromatic heterocycles. The molecule has 3 N–H and O–H groups in total. The van der Waals surface area contributed by atoms with Crippen LogP contribution in [0, 0.1) is 0 Å². The van der Waals surface area contributed by atoms with E-state index < -0.39 is 5.60 Å². The molecule has 22 heavy (non-hydrogen) atoms. The number of halogens is 1. The summed E-state index contributed by atoms with van der Waals surface area (Å²) in [7, 11) is 0. The smallest absolute Gasteiger partial charge is 0.191 e. The molecule has 0 aliphatic rings. The average Bonchev–Trinajstić information content (AvgIpc) is 2.99. The molecule has 1 aromatic rings. The van der Waals surface area contributed by atoms with Gasteiger partial charge < -0.3 is 15.7 Å². The molecule has 1 heterocycles. The van der Waals surface area contributed by atoms with Crippen molar-refractivity contribution in [3.8, 4) is 0 Å². The lowest BCUT2D eigenvalue weighted by molar-refractivity contribution is 0.0711. The Morgan fingerprint density at radius 3 is 2.77 bits per heavy atom. The van der Waals surface area contributed by atoms with Crippen molar-refractivity contribution in [3.05, 3.63) is 22.4 Å². The van der Waals surface area contributed by atoms with Crippen molar-refractivity contribution in [1.29, 1.82) is 0 Å². The number of aliphatic imine (C=N–C) groups is 1. The van der Waals surface area contributed by atoms with Gasteiger partial charge in [0.2, 0.25) is 0 Å². The molecule has 0 aromatic carbocycles. The van der Waals surface area contributed by atoms with Crippen molar-refractivity contribution in [2.75, 3.05) is 31.6 Å². The number of hydrogen-bond donors (Lipinski definition) is 3. The van der Waals surface area contributed by atoms with Crippen molar-refractivity contribution in [3.63, 3.8) is 0 Å². The molecule has 0 spiro atoms. The number of thiophene rings is 1. The minimum atomic E-state index is -0.907. The van der Waals surface area contributed by atoms with Crippen molar-refractivity contribution in [1.82, 2.24) is 10.6 Å². The Bertz CT molecular complexity index is 411. The van der Waals surface area contributed by atoms with Crippen molar-refractivity contribution < 1.29 is 5.11 Å². The van der Waals surface area contributed by atoms with E-state index in [-0.39, 0.29) is 24.0 Å². The zero-order valence-corrected chi connectivity index (χ0v) is 17.6. The van der Waals surface area contributed by atoms with Gasteiger partial charge in [-0.05, 0) is 50.1 Å². The summed E-state index contributed by atoms with van der Waals surface area (Å²) >= 11 is 3.44. The molecule has 0 amide bonds. The fourth-order valence-corrected chi connectivity index (χ4v) is 3.09. The summed E-state index contributed by atoms with van der Waals surface area (Å²) in [5, 5.41) is 19.0. The first-order valence-electron chi connectivity index (χ1n) is 7.37. The maximum absolute atomic E-state index is 10.5. The van der Waals surface area contributed by atoms with Crippen LogP contribution in [0.25, 0.3) is 0 Å². The summed E-state index contributed by atoms with van der Waals surface area (Å²) in [6, 6.07) is 3.90. The lowest BCUT2D eigenvalue weighted by Gasteiger charge is -2.20. The molecule has 0 fully saturated rings. The summed E-state index contributed by atoms with van der Waals surface area (Å²) in [5.41, 5.74) is -0.907. The zero-order chi connectivity index (χ0) is 15.6. The second-order valence-electron chi connectivity index (χ2n) is 5.07. The molecule has 1 unspecified atom stereocenters. The predicted molar refractivity (Wildman–Crippen MR) is 111 cm³/mol. The highest BCUT2D eigenvalue weighted by Crippen LogP contribution is 2.25. The monoisotopic (exact) mass is 457 g/mol. The van der Waals surface area contributed by atoms with Gasteiger partial charge >= 0.3 is 0 Å². The molecule has 0 aliphatic carbocycles. The second-order valence-corrected chi connectivity index (χ2v) is 7.01. The van der Waals surface area contributed by atoms with Gasteiger partial charge in [0.25, 0.3) is 0 Å². The second kappa shape index (κ2) is 12.4. The van der Waals surface area contributed by atoms with Crippen molar-refractivity contribution in [2.24, 2.45) is 4.99 Å². The van der Waals surface area contributed by atoms with E-state index in [0.29, 0.717) is 6.54 Å². The standard InChI is InChI=1S/C15H27N3OS2.HI/c1-4-16-14(17-9-5-6-10-20-3)18-12-15(2,19)13-8-7-11-21-13;/h7-8,11,19H,4-6,9-10,12H2,1-3H3,(H2,16,17,18);1H. The molecule has 1 rings (SSSR count). The summed E-state index contributed by atoms with van der Waals surface area (Å²) < 4.78 is 0. The van der Waals surface area contributed by atoms with Crippen LogP contribution in [0.15, 0.2) is 22.5 Å². The molecule has 4 nitrogen and oxygen atoms in total. The number of hydrogen-bond acceptors (Lipinski definition) is 4. The number of unbranched alkanes of at least 4 members (excludes halogenated alkanes) is 1. The highest BCUT2D eigenvalue weighted by Gasteiger charge is 2.23. The van der Waals surface area contributed by atoms with Crippen LogP contribution >= 0.6 is 47.1 Å². The Labute approximate surface area is 159 Å². The van der Waals surface area contributed by atoms with Crippen molar-refractivity contribution >= 4 is 53.0 Å². The molecular weight excluding hydrogens is 429 g/mol. The summed E-state index contributed by atoms with van der Waals surface area (Å²) in [5.74, 6) is 1.97. The molecule has 128 valence electrons. The first-order valence-corrected chi connectivity index (χ1v) is 9.65. The lowest BCUT2D eigenvalue weighted by Crippen LogP contribution is -2.39. The van der Waals surface area contributed by atoms with Gasteiger partial charge in [0, 0.05) is 18.0 Å². The third-order valence-corrected chi connectivity index (χ3v) is 4.83. The topological polar surface area (TPSA) is 56.7 Å². The SMILES string of the molecule is CCNC(=NCC(C)(O)c1cccs1)NCCCCSC.I. The summed E-state index contributed by atoms with van der Waals surface area (Å²) in [6.45, 7) is 5.94. The van der Waals surface area contributed by atoms with Gasteiger partial charge in [0.1, 0.15) is 5.60 Å². The maximum Gasteiger partial charge on any atom is 0.191 e. The Kier molecular flexibility index (Phi) is 12.4. The van der Waals surface area contributed by atoms with Gasteiger partial charge in [0.15, 0.2) is 5.96 Å². The van der Waals surface area contributed by atoms with Crippen LogP contribution in [0.4, 0.5) is 0 Å². The minimum Gasteiger partial charge on any atom is -0.383 e. The van der Waals surface area contributed by atoms with Gasteiger partial charge in [0.05, 0.1) is 6.54 Å². The van der Waals surface area contributed by atoms with Gasteiger partial charge in [-0.3, -0.25) is 0 Å². The third kappa shape index (κ3) is 8.59. The molecular formula is C15H28IN3OS2. The molecule has 0 saturated heterocycles. The van der Waals surface area contributed by atoms with E-state index in [4.69, 9.17) is 0 Å². The molecule has 0 radical (unpaired) electrons. The first kappa shape index (κ1) is 22.0. The number of guanidine groups is 1. The van der Waals surface area contributed by atoms with E-state index in [1.54, 1.807) is 11.3 Å². The number of thioether (sulfide) groups is 1. The Hall–Kier alpha value is 0.01000. The van der Waals surface area contributed by atoms with E-state index in [1.807, 2.05) is 43.1 Å². The number of rotatable bonds is 9. The molecule has 1 atom stereocenters. The van der Waals surface area contributed by atoms with Crippen LogP contribution in [0.2, 0.25) is 0 Å². The van der Waals surface area contributed by atoms with Gasteiger partial charge in [-0.15, -0.1) is 35.3 Å². The Balaban J connectivity index is 0.00000441. The Morgan fingerprint density at radius 2 is 2.18 bits per heavy atom. The average molecular weight is 457 g/mol. The summed E-state index contributed by atoms with van der Waals surface area (Å²) in [6.07, 6.45) is 4.47. The zero-order valence-electron chi connectivity index (χ0n) is 13.6. The maximum atomic E-state index is 10.5. The van der Waals surface area contributed by atoms with Crippen LogP contribution < -0.4 is 10.6 Å². The fraction of sp³-hybridized carbons (Fsp3) is 0.667. The minimum absolute atomic E-state index is 0. The van der Waals surface area contributed by atoms with E-state index >= 15 is 0 Å². The van der Waals surface area contributed by atoms with Crippen LogP contribution in [-0.2, 0) is 5.60 Å². The van der Waals surface area contributed by atoms with E-state index in [9.17, 15) is 5.11 Å². The van der Waals surface area contributed by atoms with Gasteiger partial charge in [-0.1, -0.05) is 6.07 Å². The first-order chi connectivity index (χ1) is 10.1. The molecule has 7 heteroatoms. The van der Waals surface area contributed by atoms with Gasteiger partial charge in [-0.2, -0.15) is 11.8 Å².